The molecule has 4 fully saturated rings. The van der Waals surface area contributed by atoms with Crippen LogP contribution in [0.4, 0.5) is 0 Å². The van der Waals surface area contributed by atoms with Gasteiger partial charge in [0, 0.05) is 30.1 Å². The number of hydrogen-bond donors (Lipinski definition) is 1. The zero-order chi connectivity index (χ0) is 25.4. The number of rotatable bonds is 7. The molecule has 5 unspecified atom stereocenters. The second-order valence-corrected chi connectivity index (χ2v) is 13.0. The van der Waals surface area contributed by atoms with Crippen molar-refractivity contribution in [3.63, 3.8) is 0 Å². The second-order valence-electron chi connectivity index (χ2n) is 13.0. The van der Waals surface area contributed by atoms with Crippen molar-refractivity contribution < 1.29 is 29.0 Å². The van der Waals surface area contributed by atoms with Gasteiger partial charge in [0.2, 0.25) is 0 Å². The minimum atomic E-state index is -0.671. The molecule has 9 atom stereocenters. The van der Waals surface area contributed by atoms with Crippen LogP contribution in [0.2, 0.25) is 0 Å². The highest BCUT2D eigenvalue weighted by molar-refractivity contribution is 5.99. The van der Waals surface area contributed by atoms with Crippen LogP contribution < -0.4 is 0 Å². The number of aliphatic hydroxyl groups is 1. The molecule has 6 nitrogen and oxygen atoms in total. The van der Waals surface area contributed by atoms with Crippen LogP contribution in [0.3, 0.4) is 0 Å². The molecular weight excluding hydrogens is 444 g/mol. The molecule has 2 saturated heterocycles. The zero-order valence-corrected chi connectivity index (χ0v) is 22.1. The SMILES string of the molecule is CC1=CC(=O)[C@H]2O[C@@]23C1C[C@H]1OC(=O)C(CC(=O)CC(C(C)C)C(C)C)C2C(C)CCC3[C@]21CO. The first kappa shape index (κ1) is 25.1. The van der Waals surface area contributed by atoms with Gasteiger partial charge in [0.15, 0.2) is 11.9 Å². The third-order valence-electron chi connectivity index (χ3n) is 10.7. The Morgan fingerprint density at radius 3 is 2.49 bits per heavy atom. The molecule has 2 saturated carbocycles. The van der Waals surface area contributed by atoms with Crippen molar-refractivity contribution in [1.82, 2.24) is 0 Å². The number of ether oxygens (including phenoxy) is 2. The van der Waals surface area contributed by atoms with Gasteiger partial charge < -0.3 is 14.6 Å². The van der Waals surface area contributed by atoms with Crippen molar-refractivity contribution in [2.24, 2.45) is 52.8 Å². The lowest BCUT2D eigenvalue weighted by molar-refractivity contribution is -0.249. The molecule has 0 aromatic heterocycles. The van der Waals surface area contributed by atoms with Crippen LogP contribution in [0.5, 0.6) is 0 Å². The Balaban J connectivity index is 1.49. The first-order valence-electron chi connectivity index (χ1n) is 13.7. The molecule has 194 valence electrons. The normalized spacial score (nSPS) is 43.9. The van der Waals surface area contributed by atoms with Crippen LogP contribution in [0.25, 0.3) is 0 Å². The molecule has 2 heterocycles. The fraction of sp³-hybridized carbons (Fsp3) is 0.828. The van der Waals surface area contributed by atoms with Gasteiger partial charge in [-0.3, -0.25) is 14.4 Å². The summed E-state index contributed by atoms with van der Waals surface area (Å²) >= 11 is 0. The topological polar surface area (TPSA) is 93.2 Å². The molecule has 35 heavy (non-hydrogen) atoms. The second kappa shape index (κ2) is 8.51. The van der Waals surface area contributed by atoms with Gasteiger partial charge in [-0.2, -0.15) is 0 Å². The molecule has 3 aliphatic carbocycles. The molecule has 0 radical (unpaired) electrons. The maximum atomic E-state index is 13.5. The van der Waals surface area contributed by atoms with Gasteiger partial charge in [0.05, 0.1) is 12.5 Å². The van der Waals surface area contributed by atoms with Crippen molar-refractivity contribution in [2.45, 2.75) is 91.5 Å². The lowest BCUT2D eigenvalue weighted by Gasteiger charge is -2.64. The lowest BCUT2D eigenvalue weighted by atomic mass is 9.42. The Morgan fingerprint density at radius 1 is 1.17 bits per heavy atom. The van der Waals surface area contributed by atoms with Crippen LogP contribution in [0.1, 0.15) is 73.6 Å². The Morgan fingerprint density at radius 2 is 1.86 bits per heavy atom. The van der Waals surface area contributed by atoms with E-state index in [-0.39, 0.29) is 60.2 Å². The van der Waals surface area contributed by atoms with E-state index in [1.165, 1.54) is 0 Å². The number of aliphatic hydroxyl groups excluding tert-OH is 1. The van der Waals surface area contributed by atoms with Crippen molar-refractivity contribution in [2.75, 3.05) is 6.61 Å². The summed E-state index contributed by atoms with van der Waals surface area (Å²) in [6.45, 7) is 12.6. The standard InChI is InChI=1S/C29H42O6/c1-14(2)19(15(3)4)10-18(31)11-20-25-16(5)7-8-23-28(25,13-30)24(34-27(20)33)12-21-17(6)9-22(32)26-29(21,23)35-26/h9,14-16,19-21,23-26,30H,7-8,10-13H2,1-6H3/t16?,20?,21?,23?,24-,25?,26-,28+,29-/m1/s1. The number of hydrogen-bond acceptors (Lipinski definition) is 6. The monoisotopic (exact) mass is 486 g/mol. The van der Waals surface area contributed by atoms with Crippen molar-refractivity contribution in [3.05, 3.63) is 11.6 Å². The Labute approximate surface area is 209 Å². The molecule has 5 aliphatic rings. The van der Waals surface area contributed by atoms with Gasteiger partial charge in [-0.15, -0.1) is 0 Å². The van der Waals surface area contributed by atoms with Crippen molar-refractivity contribution >= 4 is 17.5 Å². The highest BCUT2D eigenvalue weighted by Gasteiger charge is 2.80. The highest BCUT2D eigenvalue weighted by Crippen LogP contribution is 2.71. The average molecular weight is 487 g/mol. The third kappa shape index (κ3) is 3.45. The molecule has 0 amide bonds. The van der Waals surface area contributed by atoms with Crippen LogP contribution >= 0.6 is 0 Å². The van der Waals surface area contributed by atoms with Crippen LogP contribution in [0.15, 0.2) is 11.6 Å². The van der Waals surface area contributed by atoms with Gasteiger partial charge in [-0.1, -0.05) is 40.2 Å². The van der Waals surface area contributed by atoms with E-state index in [1.54, 1.807) is 6.08 Å². The molecule has 0 aromatic carbocycles. The van der Waals surface area contributed by atoms with Gasteiger partial charge in [0.25, 0.3) is 0 Å². The summed E-state index contributed by atoms with van der Waals surface area (Å²) in [5, 5.41) is 11.1. The minimum absolute atomic E-state index is 0.0217. The largest absolute Gasteiger partial charge is 0.461 e. The van der Waals surface area contributed by atoms with E-state index in [2.05, 4.69) is 34.6 Å². The summed E-state index contributed by atoms with van der Waals surface area (Å²) in [7, 11) is 0. The van der Waals surface area contributed by atoms with E-state index in [0.29, 0.717) is 24.7 Å². The summed E-state index contributed by atoms with van der Waals surface area (Å²) in [6, 6.07) is 0. The van der Waals surface area contributed by atoms with Gasteiger partial charge in [0.1, 0.15) is 17.5 Å². The van der Waals surface area contributed by atoms with E-state index in [4.69, 9.17) is 9.47 Å². The van der Waals surface area contributed by atoms with Gasteiger partial charge in [-0.25, -0.2) is 0 Å². The summed E-state index contributed by atoms with van der Waals surface area (Å²) < 4.78 is 12.4. The molecule has 0 aromatic rings. The number of carbonyl (C=O) groups is 3. The number of carbonyl (C=O) groups excluding carboxylic acids is 3. The Kier molecular flexibility index (Phi) is 6.11. The number of epoxide rings is 1. The smallest absolute Gasteiger partial charge is 0.309 e. The quantitative estimate of drug-likeness (QED) is 0.430. The summed E-state index contributed by atoms with van der Waals surface area (Å²) in [5.74, 6) is 0.341. The van der Waals surface area contributed by atoms with E-state index in [9.17, 15) is 19.5 Å². The zero-order valence-electron chi connectivity index (χ0n) is 22.1. The number of ketones is 2. The van der Waals surface area contributed by atoms with Crippen LogP contribution in [0, 0.1) is 52.8 Å². The third-order valence-corrected chi connectivity index (χ3v) is 10.7. The fourth-order valence-corrected chi connectivity index (χ4v) is 9.17. The predicted octanol–water partition coefficient (Wildman–Crippen LogP) is 4.13. The fourth-order valence-electron chi connectivity index (χ4n) is 9.17. The summed E-state index contributed by atoms with van der Waals surface area (Å²) in [6.07, 6.45) is 3.77. The van der Waals surface area contributed by atoms with Gasteiger partial charge >= 0.3 is 5.97 Å². The molecule has 2 aliphatic heterocycles. The van der Waals surface area contributed by atoms with Gasteiger partial charge in [-0.05, 0) is 61.9 Å². The maximum Gasteiger partial charge on any atom is 0.309 e. The molecule has 6 heteroatoms. The first-order chi connectivity index (χ1) is 16.5. The van der Waals surface area contributed by atoms with E-state index in [1.807, 2.05) is 6.92 Å². The van der Waals surface area contributed by atoms with Crippen LogP contribution in [-0.2, 0) is 23.9 Å². The molecule has 1 N–H and O–H groups in total. The van der Waals surface area contributed by atoms with Crippen LogP contribution in [-0.4, -0.2) is 47.1 Å². The van der Waals surface area contributed by atoms with Crippen molar-refractivity contribution in [3.8, 4) is 0 Å². The Bertz CT molecular complexity index is 943. The summed E-state index contributed by atoms with van der Waals surface area (Å²) in [4.78, 5) is 39.6. The summed E-state index contributed by atoms with van der Waals surface area (Å²) in [5.41, 5.74) is -0.270. The average Bonchev–Trinajstić information content (AvgIpc) is 3.53. The van der Waals surface area contributed by atoms with Crippen molar-refractivity contribution in [1.29, 1.82) is 0 Å². The van der Waals surface area contributed by atoms with E-state index < -0.39 is 29.1 Å². The minimum Gasteiger partial charge on any atom is -0.461 e. The van der Waals surface area contributed by atoms with E-state index >= 15 is 0 Å². The first-order valence-corrected chi connectivity index (χ1v) is 13.7. The number of Topliss-reactive ketones (excluding diaryl/α,β-unsaturated/α-hetero) is 1. The highest BCUT2D eigenvalue weighted by atomic mass is 16.6. The molecule has 0 bridgehead atoms. The molecule has 5 rings (SSSR count). The molecule has 1 spiro atoms. The lowest BCUT2D eigenvalue weighted by Crippen LogP contribution is -2.70. The Hall–Kier alpha value is -1.53. The number of esters is 1. The van der Waals surface area contributed by atoms with E-state index in [0.717, 1.165) is 18.4 Å². The molecular formula is C29H42O6. The predicted molar refractivity (Wildman–Crippen MR) is 130 cm³/mol. The maximum absolute atomic E-state index is 13.5.